The number of para-hydroxylation sites is 5. The fraction of sp³-hybridized carbons (Fsp3) is 0. The Morgan fingerprint density at radius 3 is 1.64 bits per heavy atom. The molecule has 2 aromatic heterocycles. The average Bonchev–Trinajstić information content (AvgIpc) is 3.81. The number of hydrogen-bond donors (Lipinski definition) is 0. The molecule has 11 aromatic rings. The van der Waals surface area contributed by atoms with Crippen LogP contribution in [-0.2, 0) is 0 Å². The summed E-state index contributed by atoms with van der Waals surface area (Å²) in [6, 6.07) is 80.0. The summed E-state index contributed by atoms with van der Waals surface area (Å²) in [4.78, 5) is 0. The molecular weight excluding hydrogens is 721 g/mol. The van der Waals surface area contributed by atoms with Gasteiger partial charge in [0.25, 0.3) is 0 Å². The summed E-state index contributed by atoms with van der Waals surface area (Å²) in [6.07, 6.45) is 0. The number of hydrogen-bond acceptors (Lipinski definition) is 1. The highest BCUT2D eigenvalue weighted by molar-refractivity contribution is 7.20. The molecule has 4 heteroatoms. The molecule has 3 heterocycles. The highest BCUT2D eigenvalue weighted by Crippen LogP contribution is 2.39. The maximum absolute atomic E-state index is 6.67. The van der Waals surface area contributed by atoms with Crippen molar-refractivity contribution >= 4 is 72.4 Å². The Morgan fingerprint density at radius 1 is 0.345 bits per heavy atom. The largest absolute Gasteiger partial charge is 0.458 e. The zero-order valence-electron chi connectivity index (χ0n) is 31.6. The second kappa shape index (κ2) is 12.8. The van der Waals surface area contributed by atoms with Gasteiger partial charge in [-0.2, -0.15) is 0 Å². The lowest BCUT2D eigenvalue weighted by molar-refractivity contribution is 0.487. The van der Waals surface area contributed by atoms with E-state index in [1.807, 2.05) is 0 Å². The fourth-order valence-electron chi connectivity index (χ4n) is 9.84. The van der Waals surface area contributed by atoms with Crippen LogP contribution in [0.3, 0.4) is 0 Å². The number of aromatic nitrogens is 2. The van der Waals surface area contributed by atoms with Crippen LogP contribution in [0, 0.1) is 0 Å². The van der Waals surface area contributed by atoms with Crippen LogP contribution < -0.4 is 25.5 Å². The standard InChI is InChI=1S/C54H36N2OSi/c1-3-17-37(18-4-1)41-21-7-10-24-46(41)56-48-26-12-9-23-43(48)45-35-38(31-34-49(45)56)55-47-25-11-8-22-42(47)44-33-32-40(36-50(44)55)58(39-19-5-2-6-20-39)53-29-15-13-27-51(53)57-52-28-14-16-30-54(52)58/h1-36H. The highest BCUT2D eigenvalue weighted by Gasteiger charge is 2.48. The van der Waals surface area contributed by atoms with E-state index in [-0.39, 0.29) is 0 Å². The Hall–Kier alpha value is -7.40. The molecule has 0 saturated carbocycles. The third-order valence-corrected chi connectivity index (χ3v) is 17.1. The van der Waals surface area contributed by atoms with Crippen molar-refractivity contribution in [2.75, 3.05) is 0 Å². The summed E-state index contributed by atoms with van der Waals surface area (Å²) in [5, 5.41) is 10.1. The topological polar surface area (TPSA) is 19.1 Å². The number of fused-ring (bicyclic) bond motifs is 8. The van der Waals surface area contributed by atoms with E-state index < -0.39 is 8.07 Å². The van der Waals surface area contributed by atoms with Crippen LogP contribution in [0.4, 0.5) is 0 Å². The lowest BCUT2D eigenvalue weighted by Gasteiger charge is -2.39. The second-order valence-electron chi connectivity index (χ2n) is 15.2. The summed E-state index contributed by atoms with van der Waals surface area (Å²) >= 11 is 0. The minimum atomic E-state index is -2.86. The molecule has 3 nitrogen and oxygen atoms in total. The van der Waals surface area contributed by atoms with Gasteiger partial charge >= 0.3 is 0 Å². The summed E-state index contributed by atoms with van der Waals surface area (Å²) < 4.78 is 11.6. The third-order valence-electron chi connectivity index (χ3n) is 12.3. The summed E-state index contributed by atoms with van der Waals surface area (Å²) in [7, 11) is -2.86. The van der Waals surface area contributed by atoms with Gasteiger partial charge in [0.15, 0.2) is 8.07 Å². The van der Waals surface area contributed by atoms with Crippen molar-refractivity contribution in [1.29, 1.82) is 0 Å². The first-order valence-electron chi connectivity index (χ1n) is 19.9. The maximum Gasteiger partial charge on any atom is 0.188 e. The van der Waals surface area contributed by atoms with Gasteiger partial charge in [0.05, 0.1) is 27.8 Å². The van der Waals surface area contributed by atoms with Crippen molar-refractivity contribution < 1.29 is 4.74 Å². The molecule has 0 N–H and O–H groups in total. The SMILES string of the molecule is c1ccc(-c2ccccc2-n2c3ccccc3c3cc(-n4c5ccccc5c5ccc([Si]6(c7ccccc7)c7ccccc7Oc7ccccc76)cc54)ccc32)cc1. The Balaban J connectivity index is 1.14. The smallest absolute Gasteiger partial charge is 0.188 e. The minimum absolute atomic E-state index is 0.938. The predicted octanol–water partition coefficient (Wildman–Crippen LogP) is 11.0. The minimum Gasteiger partial charge on any atom is -0.458 e. The number of nitrogens with zero attached hydrogens (tertiary/aromatic N) is 2. The van der Waals surface area contributed by atoms with Crippen LogP contribution >= 0.6 is 0 Å². The van der Waals surface area contributed by atoms with Crippen LogP contribution in [0.15, 0.2) is 218 Å². The molecule has 1 aliphatic heterocycles. The van der Waals surface area contributed by atoms with Crippen LogP contribution in [0.1, 0.15) is 0 Å². The number of ether oxygens (including phenoxy) is 1. The lowest BCUT2D eigenvalue weighted by Crippen LogP contribution is -2.76. The van der Waals surface area contributed by atoms with Gasteiger partial charge < -0.3 is 13.9 Å². The number of rotatable bonds is 5. The molecule has 58 heavy (non-hydrogen) atoms. The van der Waals surface area contributed by atoms with Gasteiger partial charge in [0.2, 0.25) is 0 Å². The van der Waals surface area contributed by atoms with E-state index >= 15 is 0 Å². The molecule has 12 rings (SSSR count). The van der Waals surface area contributed by atoms with Crippen molar-refractivity contribution in [1.82, 2.24) is 9.13 Å². The molecule has 0 radical (unpaired) electrons. The van der Waals surface area contributed by atoms with Gasteiger partial charge in [-0.25, -0.2) is 0 Å². The van der Waals surface area contributed by atoms with Crippen molar-refractivity contribution in [3.63, 3.8) is 0 Å². The molecule has 0 fully saturated rings. The van der Waals surface area contributed by atoms with Gasteiger partial charge in [0, 0.05) is 32.8 Å². The monoisotopic (exact) mass is 756 g/mol. The summed E-state index contributed by atoms with van der Waals surface area (Å²) in [5.41, 5.74) is 9.47. The molecule has 9 aromatic carbocycles. The third kappa shape index (κ3) is 4.67. The van der Waals surface area contributed by atoms with Gasteiger partial charge in [-0.15, -0.1) is 0 Å². The zero-order chi connectivity index (χ0) is 38.2. The van der Waals surface area contributed by atoms with Crippen molar-refractivity contribution in [3.8, 4) is 34.0 Å². The van der Waals surface area contributed by atoms with E-state index in [0.29, 0.717) is 0 Å². The van der Waals surface area contributed by atoms with E-state index in [1.54, 1.807) is 0 Å². The first-order chi connectivity index (χ1) is 28.8. The van der Waals surface area contributed by atoms with Gasteiger partial charge in [-0.1, -0.05) is 164 Å². The van der Waals surface area contributed by atoms with Gasteiger partial charge in [-0.3, -0.25) is 0 Å². The van der Waals surface area contributed by atoms with Gasteiger partial charge in [-0.05, 0) is 80.9 Å². The molecule has 0 unspecified atom stereocenters. The number of benzene rings is 9. The van der Waals surface area contributed by atoms with Crippen molar-refractivity contribution in [3.05, 3.63) is 218 Å². The Kier molecular flexibility index (Phi) is 7.25. The van der Waals surface area contributed by atoms with Crippen LogP contribution in [0.25, 0.3) is 66.1 Å². The summed E-state index contributed by atoms with van der Waals surface area (Å²) in [6.45, 7) is 0. The van der Waals surface area contributed by atoms with Crippen LogP contribution in [0.5, 0.6) is 11.5 Å². The first-order valence-corrected chi connectivity index (χ1v) is 21.9. The molecular formula is C54H36N2OSi. The van der Waals surface area contributed by atoms with Gasteiger partial charge in [0.1, 0.15) is 11.5 Å². The molecule has 272 valence electrons. The molecule has 0 saturated heterocycles. The van der Waals surface area contributed by atoms with E-state index in [4.69, 9.17) is 4.74 Å². The fourth-order valence-corrected chi connectivity index (χ4v) is 14.8. The maximum atomic E-state index is 6.67. The highest BCUT2D eigenvalue weighted by atomic mass is 28.3. The zero-order valence-corrected chi connectivity index (χ0v) is 32.6. The second-order valence-corrected chi connectivity index (χ2v) is 19.0. The van der Waals surface area contributed by atoms with Crippen LogP contribution in [0.2, 0.25) is 0 Å². The Morgan fingerprint density at radius 2 is 0.897 bits per heavy atom. The quantitative estimate of drug-likeness (QED) is 0.160. The molecule has 0 atom stereocenters. The van der Waals surface area contributed by atoms with Crippen molar-refractivity contribution in [2.45, 2.75) is 0 Å². The predicted molar refractivity (Wildman–Crippen MR) is 244 cm³/mol. The Labute approximate surface area is 337 Å². The molecule has 0 amide bonds. The lowest BCUT2D eigenvalue weighted by atomic mass is 10.0. The molecule has 0 spiro atoms. The molecule has 1 aliphatic rings. The van der Waals surface area contributed by atoms with Crippen LogP contribution in [-0.4, -0.2) is 17.2 Å². The first kappa shape index (κ1) is 32.8. The van der Waals surface area contributed by atoms with E-state index in [2.05, 4.69) is 228 Å². The average molecular weight is 757 g/mol. The van der Waals surface area contributed by atoms with E-state index in [0.717, 1.165) is 17.2 Å². The van der Waals surface area contributed by atoms with E-state index in [9.17, 15) is 0 Å². The van der Waals surface area contributed by atoms with E-state index in [1.165, 1.54) is 81.2 Å². The normalized spacial score (nSPS) is 13.1. The molecule has 0 bridgehead atoms. The molecule has 0 aliphatic carbocycles. The summed E-state index contributed by atoms with van der Waals surface area (Å²) in [5.74, 6) is 1.88. The van der Waals surface area contributed by atoms with Crippen molar-refractivity contribution in [2.24, 2.45) is 0 Å². The Bertz CT molecular complexity index is 3330.